The average Bonchev–Trinajstić information content (AvgIpc) is 2.61. The van der Waals surface area contributed by atoms with E-state index in [0.29, 0.717) is 17.4 Å². The molecule has 0 N–H and O–H groups in total. The molecule has 0 radical (unpaired) electrons. The SMILES string of the molecule is CC1(C)[C@H]2C[C@@H]3OB(CCCBr)O[C@]3(C)[C@H]1C2. The first-order chi connectivity index (χ1) is 7.98. The van der Waals surface area contributed by atoms with Gasteiger partial charge in [0.05, 0.1) is 11.7 Å². The maximum Gasteiger partial charge on any atom is 0.457 e. The largest absolute Gasteiger partial charge is 0.457 e. The van der Waals surface area contributed by atoms with Gasteiger partial charge in [0.15, 0.2) is 0 Å². The molecule has 4 aliphatic rings. The van der Waals surface area contributed by atoms with E-state index in [9.17, 15) is 0 Å². The van der Waals surface area contributed by atoms with E-state index in [-0.39, 0.29) is 12.7 Å². The highest BCUT2D eigenvalue weighted by molar-refractivity contribution is 9.09. The standard InChI is InChI=1S/C13H22BBrO2/c1-12(2)9-7-10(12)13(3)11(8-9)16-14(17-13)5-4-6-15/h9-11H,4-8H2,1-3H3/t9-,10+,11+,13-/m1/s1. The van der Waals surface area contributed by atoms with Crippen LogP contribution in [0, 0.1) is 17.3 Å². The Morgan fingerprint density at radius 2 is 2.06 bits per heavy atom. The maximum atomic E-state index is 6.30. The van der Waals surface area contributed by atoms with Gasteiger partial charge in [-0.1, -0.05) is 29.8 Å². The zero-order valence-electron chi connectivity index (χ0n) is 11.0. The Morgan fingerprint density at radius 3 is 2.71 bits per heavy atom. The van der Waals surface area contributed by atoms with Crippen LogP contribution < -0.4 is 0 Å². The third-order valence-electron chi connectivity index (χ3n) is 5.58. The molecule has 4 heteroatoms. The fourth-order valence-electron chi connectivity index (χ4n) is 4.32. The first-order valence-electron chi connectivity index (χ1n) is 6.87. The second kappa shape index (κ2) is 3.98. The molecule has 2 nitrogen and oxygen atoms in total. The molecule has 4 fully saturated rings. The van der Waals surface area contributed by atoms with Crippen molar-refractivity contribution in [3.8, 4) is 0 Å². The highest BCUT2D eigenvalue weighted by Gasteiger charge is 2.67. The van der Waals surface area contributed by atoms with Crippen molar-refractivity contribution in [3.63, 3.8) is 0 Å². The topological polar surface area (TPSA) is 18.5 Å². The van der Waals surface area contributed by atoms with E-state index in [1.807, 2.05) is 0 Å². The summed E-state index contributed by atoms with van der Waals surface area (Å²) in [6, 6.07) is 0. The number of alkyl halides is 1. The minimum atomic E-state index is -0.0186. The molecule has 0 spiro atoms. The van der Waals surface area contributed by atoms with E-state index >= 15 is 0 Å². The normalized spacial score (nSPS) is 46.6. The minimum absolute atomic E-state index is 0.0186. The second-order valence-corrected chi connectivity index (χ2v) is 7.52. The molecular weight excluding hydrogens is 279 g/mol. The molecule has 4 atom stereocenters. The van der Waals surface area contributed by atoms with E-state index in [4.69, 9.17) is 9.31 Å². The smallest absolute Gasteiger partial charge is 0.405 e. The van der Waals surface area contributed by atoms with Crippen LogP contribution in [0.15, 0.2) is 0 Å². The lowest BCUT2D eigenvalue weighted by Crippen LogP contribution is -2.65. The predicted molar refractivity (Wildman–Crippen MR) is 73.3 cm³/mol. The zero-order valence-corrected chi connectivity index (χ0v) is 12.6. The van der Waals surface area contributed by atoms with Gasteiger partial charge < -0.3 is 9.31 Å². The summed E-state index contributed by atoms with van der Waals surface area (Å²) >= 11 is 3.47. The summed E-state index contributed by atoms with van der Waals surface area (Å²) in [6.07, 6.45) is 5.04. The Hall–Kier alpha value is 0.465. The van der Waals surface area contributed by atoms with Crippen molar-refractivity contribution in [2.75, 3.05) is 5.33 Å². The summed E-state index contributed by atoms with van der Waals surface area (Å²) in [5.74, 6) is 1.54. The molecular formula is C13H22BBrO2. The monoisotopic (exact) mass is 300 g/mol. The van der Waals surface area contributed by atoms with E-state index in [2.05, 4.69) is 36.7 Å². The van der Waals surface area contributed by atoms with Gasteiger partial charge in [0.2, 0.25) is 0 Å². The fourth-order valence-corrected chi connectivity index (χ4v) is 4.64. The molecule has 0 amide bonds. The van der Waals surface area contributed by atoms with Crippen LogP contribution in [0.5, 0.6) is 0 Å². The predicted octanol–water partition coefficient (Wildman–Crippen LogP) is 3.50. The van der Waals surface area contributed by atoms with Gasteiger partial charge in [0, 0.05) is 5.33 Å². The first kappa shape index (κ1) is 12.5. The highest BCUT2D eigenvalue weighted by Crippen LogP contribution is 2.65. The molecule has 3 aliphatic carbocycles. The summed E-state index contributed by atoms with van der Waals surface area (Å²) in [7, 11) is 0.0395. The minimum Gasteiger partial charge on any atom is -0.405 e. The summed E-state index contributed by atoms with van der Waals surface area (Å²) in [4.78, 5) is 0. The van der Waals surface area contributed by atoms with Gasteiger partial charge in [-0.15, -0.1) is 0 Å². The summed E-state index contributed by atoms with van der Waals surface area (Å²) in [5, 5.41) is 1.04. The molecule has 1 aliphatic heterocycles. The Balaban J connectivity index is 1.73. The lowest BCUT2D eigenvalue weighted by Gasteiger charge is -2.64. The number of halogens is 1. The van der Waals surface area contributed by atoms with Crippen LogP contribution in [0.2, 0.25) is 6.32 Å². The fraction of sp³-hybridized carbons (Fsp3) is 1.00. The first-order valence-corrected chi connectivity index (χ1v) is 8.00. The molecule has 4 rings (SSSR count). The number of hydrogen-bond acceptors (Lipinski definition) is 2. The van der Waals surface area contributed by atoms with Gasteiger partial charge in [-0.25, -0.2) is 0 Å². The Kier molecular flexibility index (Phi) is 2.92. The van der Waals surface area contributed by atoms with Crippen LogP contribution in [0.1, 0.15) is 40.0 Å². The highest BCUT2D eigenvalue weighted by atomic mass is 79.9. The van der Waals surface area contributed by atoms with Crippen LogP contribution in [0.25, 0.3) is 0 Å². The van der Waals surface area contributed by atoms with E-state index in [1.54, 1.807) is 0 Å². The second-order valence-electron chi connectivity index (χ2n) is 6.73. The van der Waals surface area contributed by atoms with E-state index in [0.717, 1.165) is 24.0 Å². The summed E-state index contributed by atoms with van der Waals surface area (Å²) in [6.45, 7) is 7.10. The van der Waals surface area contributed by atoms with E-state index in [1.165, 1.54) is 12.8 Å². The zero-order chi connectivity index (χ0) is 12.3. The summed E-state index contributed by atoms with van der Waals surface area (Å²) in [5.41, 5.74) is 0.439. The van der Waals surface area contributed by atoms with Crippen molar-refractivity contribution >= 4 is 23.0 Å². The molecule has 1 heterocycles. The van der Waals surface area contributed by atoms with Gasteiger partial charge in [-0.05, 0) is 49.8 Å². The lowest BCUT2D eigenvalue weighted by atomic mass is 9.43. The quantitative estimate of drug-likeness (QED) is 0.587. The molecule has 0 aromatic carbocycles. The van der Waals surface area contributed by atoms with Crippen LogP contribution in [0.3, 0.4) is 0 Å². The Labute approximate surface area is 113 Å². The van der Waals surface area contributed by atoms with Crippen LogP contribution >= 0.6 is 15.9 Å². The van der Waals surface area contributed by atoms with Crippen molar-refractivity contribution in [1.82, 2.24) is 0 Å². The maximum absolute atomic E-state index is 6.30. The molecule has 1 saturated heterocycles. The Bertz CT molecular complexity index is 323. The van der Waals surface area contributed by atoms with Crippen molar-refractivity contribution in [2.45, 2.75) is 58.1 Å². The average molecular weight is 301 g/mol. The van der Waals surface area contributed by atoms with Gasteiger partial charge >= 0.3 is 7.12 Å². The third-order valence-corrected chi connectivity index (χ3v) is 6.14. The molecule has 0 aromatic heterocycles. The van der Waals surface area contributed by atoms with Crippen LogP contribution in [-0.2, 0) is 9.31 Å². The summed E-state index contributed by atoms with van der Waals surface area (Å²) < 4.78 is 12.4. The third kappa shape index (κ3) is 1.67. The van der Waals surface area contributed by atoms with Crippen molar-refractivity contribution in [3.05, 3.63) is 0 Å². The van der Waals surface area contributed by atoms with Crippen molar-refractivity contribution in [1.29, 1.82) is 0 Å². The van der Waals surface area contributed by atoms with Crippen molar-refractivity contribution < 1.29 is 9.31 Å². The molecule has 3 saturated carbocycles. The van der Waals surface area contributed by atoms with Gasteiger partial charge in [-0.3, -0.25) is 0 Å². The van der Waals surface area contributed by atoms with E-state index < -0.39 is 0 Å². The van der Waals surface area contributed by atoms with Gasteiger partial charge in [0.25, 0.3) is 0 Å². The van der Waals surface area contributed by atoms with Crippen LogP contribution in [-0.4, -0.2) is 24.2 Å². The molecule has 2 bridgehead atoms. The molecule has 17 heavy (non-hydrogen) atoms. The Morgan fingerprint density at radius 1 is 1.29 bits per heavy atom. The van der Waals surface area contributed by atoms with Gasteiger partial charge in [-0.2, -0.15) is 0 Å². The number of rotatable bonds is 3. The molecule has 0 unspecified atom stereocenters. The number of hydrogen-bond donors (Lipinski definition) is 0. The van der Waals surface area contributed by atoms with Crippen LogP contribution in [0.4, 0.5) is 0 Å². The molecule has 96 valence electrons. The molecule has 0 aromatic rings. The van der Waals surface area contributed by atoms with Gasteiger partial charge in [0.1, 0.15) is 0 Å². The van der Waals surface area contributed by atoms with Crippen molar-refractivity contribution in [2.24, 2.45) is 17.3 Å². The lowest BCUT2D eigenvalue weighted by molar-refractivity contribution is -0.199.